The molecular formula is C15H22N2O4. The molecule has 1 aliphatic heterocycles. The lowest BCUT2D eigenvalue weighted by Gasteiger charge is -2.32. The van der Waals surface area contributed by atoms with Gasteiger partial charge in [0.1, 0.15) is 5.75 Å². The van der Waals surface area contributed by atoms with Gasteiger partial charge in [-0.1, -0.05) is 18.2 Å². The monoisotopic (exact) mass is 294 g/mol. The highest BCUT2D eigenvalue weighted by Crippen LogP contribution is 2.24. The van der Waals surface area contributed by atoms with Crippen molar-refractivity contribution >= 4 is 5.91 Å². The van der Waals surface area contributed by atoms with Gasteiger partial charge in [-0.25, -0.2) is 0 Å². The van der Waals surface area contributed by atoms with E-state index in [9.17, 15) is 9.90 Å². The molecule has 0 bridgehead atoms. The van der Waals surface area contributed by atoms with E-state index in [1.807, 2.05) is 12.1 Å². The zero-order chi connectivity index (χ0) is 15.3. The van der Waals surface area contributed by atoms with Crippen molar-refractivity contribution < 1.29 is 19.4 Å². The molecule has 1 unspecified atom stereocenters. The van der Waals surface area contributed by atoms with Crippen molar-refractivity contribution in [3.8, 4) is 5.75 Å². The molecule has 6 nitrogen and oxygen atoms in total. The van der Waals surface area contributed by atoms with Crippen molar-refractivity contribution in [1.82, 2.24) is 5.32 Å². The number of hydrogen-bond donors (Lipinski definition) is 3. The van der Waals surface area contributed by atoms with E-state index in [2.05, 4.69) is 5.32 Å². The third-order valence-electron chi connectivity index (χ3n) is 3.79. The number of hydrogen-bond acceptors (Lipinski definition) is 5. The molecule has 0 saturated carbocycles. The Kier molecular flexibility index (Phi) is 5.17. The maximum atomic E-state index is 12.2. The average molecular weight is 294 g/mol. The molecule has 1 heterocycles. The summed E-state index contributed by atoms with van der Waals surface area (Å²) in [5.74, 6) is 0.340. The minimum Gasteiger partial charge on any atom is -0.496 e. The number of carbonyl (C=O) groups is 1. The average Bonchev–Trinajstić information content (AvgIpc) is 2.52. The van der Waals surface area contributed by atoms with Gasteiger partial charge in [0.25, 0.3) is 0 Å². The van der Waals surface area contributed by atoms with Crippen LogP contribution in [0.2, 0.25) is 0 Å². The van der Waals surface area contributed by atoms with Crippen LogP contribution in [0, 0.1) is 0 Å². The minimum absolute atomic E-state index is 0.0962. The largest absolute Gasteiger partial charge is 0.496 e. The molecule has 1 fully saturated rings. The normalized spacial score (nSPS) is 18.8. The van der Waals surface area contributed by atoms with Crippen LogP contribution in [0.15, 0.2) is 24.3 Å². The summed E-state index contributed by atoms with van der Waals surface area (Å²) in [5, 5.41) is 12.9. The van der Waals surface area contributed by atoms with E-state index >= 15 is 0 Å². The van der Waals surface area contributed by atoms with Gasteiger partial charge in [0.2, 0.25) is 5.91 Å². The molecule has 1 saturated heterocycles. The lowest BCUT2D eigenvalue weighted by atomic mass is 9.90. The summed E-state index contributed by atoms with van der Waals surface area (Å²) < 4.78 is 10.4. The highest BCUT2D eigenvalue weighted by molar-refractivity contribution is 5.86. The molecule has 1 atom stereocenters. The first-order valence-electron chi connectivity index (χ1n) is 7.03. The Balaban J connectivity index is 1.94. The van der Waals surface area contributed by atoms with Gasteiger partial charge >= 0.3 is 0 Å². The van der Waals surface area contributed by atoms with E-state index in [1.165, 1.54) is 0 Å². The van der Waals surface area contributed by atoms with Crippen LogP contribution < -0.4 is 15.8 Å². The number of ether oxygens (including phenoxy) is 2. The fourth-order valence-electron chi connectivity index (χ4n) is 2.38. The molecule has 2 rings (SSSR count). The number of nitrogens with two attached hydrogens (primary N) is 1. The zero-order valence-corrected chi connectivity index (χ0v) is 12.2. The number of aliphatic hydroxyl groups excluding tert-OH is 1. The number of amides is 1. The SMILES string of the molecule is COc1ccccc1C(O)CNC(=O)C1(N)CCOCC1. The molecular weight excluding hydrogens is 272 g/mol. The lowest BCUT2D eigenvalue weighted by Crippen LogP contribution is -2.57. The van der Waals surface area contributed by atoms with Gasteiger partial charge in [-0.15, -0.1) is 0 Å². The Bertz CT molecular complexity index is 486. The van der Waals surface area contributed by atoms with Gasteiger partial charge in [0, 0.05) is 25.3 Å². The quantitative estimate of drug-likeness (QED) is 0.728. The van der Waals surface area contributed by atoms with Crippen molar-refractivity contribution in [3.05, 3.63) is 29.8 Å². The van der Waals surface area contributed by atoms with Gasteiger partial charge in [-0.3, -0.25) is 4.79 Å². The summed E-state index contributed by atoms with van der Waals surface area (Å²) in [5.41, 5.74) is 5.82. The maximum absolute atomic E-state index is 12.2. The van der Waals surface area contributed by atoms with Crippen LogP contribution in [0.3, 0.4) is 0 Å². The van der Waals surface area contributed by atoms with E-state index < -0.39 is 11.6 Å². The van der Waals surface area contributed by atoms with E-state index in [0.29, 0.717) is 37.4 Å². The molecule has 116 valence electrons. The highest BCUT2D eigenvalue weighted by atomic mass is 16.5. The van der Waals surface area contributed by atoms with Crippen LogP contribution in [-0.2, 0) is 9.53 Å². The van der Waals surface area contributed by atoms with E-state index in [4.69, 9.17) is 15.2 Å². The number of nitrogens with one attached hydrogen (secondary N) is 1. The first-order valence-corrected chi connectivity index (χ1v) is 7.03. The first kappa shape index (κ1) is 15.8. The molecule has 21 heavy (non-hydrogen) atoms. The van der Waals surface area contributed by atoms with Gasteiger partial charge in [0.15, 0.2) is 0 Å². The second-order valence-electron chi connectivity index (χ2n) is 5.24. The van der Waals surface area contributed by atoms with Crippen molar-refractivity contribution in [1.29, 1.82) is 0 Å². The molecule has 6 heteroatoms. The highest BCUT2D eigenvalue weighted by Gasteiger charge is 2.35. The summed E-state index contributed by atoms with van der Waals surface area (Å²) in [6, 6.07) is 7.17. The Morgan fingerprint density at radius 2 is 2.14 bits per heavy atom. The second kappa shape index (κ2) is 6.89. The van der Waals surface area contributed by atoms with Crippen LogP contribution >= 0.6 is 0 Å². The standard InChI is InChI=1S/C15H22N2O4/c1-20-13-5-3-2-4-11(13)12(18)10-17-14(19)15(16)6-8-21-9-7-15/h2-5,12,18H,6-10,16H2,1H3,(H,17,19). The van der Waals surface area contributed by atoms with Gasteiger partial charge < -0.3 is 25.6 Å². The second-order valence-corrected chi connectivity index (χ2v) is 5.24. The summed E-state index contributed by atoms with van der Waals surface area (Å²) >= 11 is 0. The van der Waals surface area contributed by atoms with Crippen molar-refractivity contribution in [2.45, 2.75) is 24.5 Å². The van der Waals surface area contributed by atoms with Gasteiger partial charge in [0.05, 0.1) is 18.8 Å². The van der Waals surface area contributed by atoms with Gasteiger partial charge in [-0.2, -0.15) is 0 Å². The van der Waals surface area contributed by atoms with Gasteiger partial charge in [-0.05, 0) is 18.9 Å². The molecule has 1 aromatic rings. The fourth-order valence-corrected chi connectivity index (χ4v) is 2.38. The van der Waals surface area contributed by atoms with Crippen LogP contribution in [0.1, 0.15) is 24.5 Å². The summed E-state index contributed by atoms with van der Waals surface area (Å²) in [6.45, 7) is 1.07. The Morgan fingerprint density at radius 3 is 2.81 bits per heavy atom. The minimum atomic E-state index is -0.904. The van der Waals surface area contributed by atoms with Crippen molar-refractivity contribution in [2.24, 2.45) is 5.73 Å². The molecule has 1 aromatic carbocycles. The van der Waals surface area contributed by atoms with E-state index in [1.54, 1.807) is 19.2 Å². The predicted molar refractivity (Wildman–Crippen MR) is 77.9 cm³/mol. The summed E-state index contributed by atoms with van der Waals surface area (Å²) in [6.07, 6.45) is 0.140. The van der Waals surface area contributed by atoms with Crippen LogP contribution in [0.25, 0.3) is 0 Å². The molecule has 0 aromatic heterocycles. The number of methoxy groups -OCH3 is 1. The van der Waals surface area contributed by atoms with Crippen LogP contribution in [-0.4, -0.2) is 43.4 Å². The van der Waals surface area contributed by atoms with E-state index in [0.717, 1.165) is 0 Å². The van der Waals surface area contributed by atoms with E-state index in [-0.39, 0.29) is 12.5 Å². The lowest BCUT2D eigenvalue weighted by molar-refractivity contribution is -0.130. The number of rotatable bonds is 5. The van der Waals surface area contributed by atoms with Crippen LogP contribution in [0.5, 0.6) is 5.75 Å². The first-order chi connectivity index (χ1) is 10.1. The Hall–Kier alpha value is -1.63. The number of aliphatic hydroxyl groups is 1. The molecule has 0 aliphatic carbocycles. The molecule has 0 radical (unpaired) electrons. The molecule has 4 N–H and O–H groups in total. The van der Waals surface area contributed by atoms with Crippen molar-refractivity contribution in [3.63, 3.8) is 0 Å². The smallest absolute Gasteiger partial charge is 0.240 e. The molecule has 1 amide bonds. The third kappa shape index (κ3) is 3.72. The number of benzene rings is 1. The number of carbonyl (C=O) groups excluding carboxylic acids is 1. The predicted octanol–water partition coefficient (Wildman–Crippen LogP) is 0.353. The Morgan fingerprint density at radius 1 is 1.48 bits per heavy atom. The third-order valence-corrected chi connectivity index (χ3v) is 3.79. The summed E-state index contributed by atoms with van der Waals surface area (Å²) in [4.78, 5) is 12.2. The molecule has 0 spiro atoms. The van der Waals surface area contributed by atoms with Crippen LogP contribution in [0.4, 0.5) is 0 Å². The summed E-state index contributed by atoms with van der Waals surface area (Å²) in [7, 11) is 1.54. The van der Waals surface area contributed by atoms with Crippen molar-refractivity contribution in [2.75, 3.05) is 26.9 Å². The topological polar surface area (TPSA) is 93.8 Å². The maximum Gasteiger partial charge on any atom is 0.240 e. The Labute approximate surface area is 124 Å². The fraction of sp³-hybridized carbons (Fsp3) is 0.533. The number of para-hydroxylation sites is 1. The molecule has 1 aliphatic rings. The zero-order valence-electron chi connectivity index (χ0n) is 12.2.